The van der Waals surface area contributed by atoms with Gasteiger partial charge in [0.25, 0.3) is 11.7 Å². The third-order valence-electron chi connectivity index (χ3n) is 14.2. The molecule has 2 unspecified atom stereocenters. The number of anilines is 1. The van der Waals surface area contributed by atoms with Gasteiger partial charge in [-0.15, -0.1) is 0 Å². The average molecular weight is 978 g/mol. The van der Waals surface area contributed by atoms with Gasteiger partial charge in [-0.2, -0.15) is 0 Å². The zero-order valence-electron chi connectivity index (χ0n) is 41.5. The highest BCUT2D eigenvalue weighted by atomic mass is 16.7. The predicted octanol–water partition coefficient (Wildman–Crippen LogP) is 4.50. The van der Waals surface area contributed by atoms with Crippen molar-refractivity contribution in [1.82, 2.24) is 19.7 Å². The molecule has 1 spiro atoms. The molecule has 5 N–H and O–H groups in total. The smallest absolute Gasteiger partial charge is 0.315 e. The molecule has 6 aliphatic heterocycles. The van der Waals surface area contributed by atoms with E-state index in [4.69, 9.17) is 19.2 Å². The van der Waals surface area contributed by atoms with Crippen LogP contribution < -0.4 is 20.8 Å². The highest BCUT2D eigenvalue weighted by Crippen LogP contribution is 2.51. The molecule has 0 aliphatic carbocycles. The van der Waals surface area contributed by atoms with Gasteiger partial charge in [-0.25, -0.2) is 4.99 Å². The molecule has 5 bridgehead atoms. The molecule has 6 aliphatic rings. The van der Waals surface area contributed by atoms with Gasteiger partial charge in [0.2, 0.25) is 5.91 Å². The fraction of sp³-hybridized carbons (Fsp3) is 0.528. The maximum Gasteiger partial charge on any atom is 0.315 e. The number of likely N-dealkylation sites (tertiary alicyclic amines) is 1. The molecule has 1 aromatic heterocycles. The Labute approximate surface area is 413 Å². The molecule has 3 aromatic rings. The monoisotopic (exact) mass is 977 g/mol. The van der Waals surface area contributed by atoms with Crippen molar-refractivity contribution in [2.75, 3.05) is 51.1 Å². The number of Topliss-reactive ketones (excluding diaryl/α,β-unsaturated/α-hetero) is 1. The van der Waals surface area contributed by atoms with E-state index in [0.29, 0.717) is 50.6 Å². The number of allylic oxidation sites excluding steroid dienone is 3. The number of piperazine rings is 1. The Bertz CT molecular complexity index is 2760. The summed E-state index contributed by atoms with van der Waals surface area (Å²) in [7, 11) is 0. The second-order valence-corrected chi connectivity index (χ2v) is 20.3. The summed E-state index contributed by atoms with van der Waals surface area (Å²) in [5, 5.41) is 50.0. The Morgan fingerprint density at radius 1 is 0.958 bits per heavy atom. The van der Waals surface area contributed by atoms with Crippen LogP contribution in [0.15, 0.2) is 70.7 Å². The Morgan fingerprint density at radius 2 is 1.68 bits per heavy atom. The second-order valence-electron chi connectivity index (χ2n) is 20.3. The minimum absolute atomic E-state index is 0.0360. The van der Waals surface area contributed by atoms with Gasteiger partial charge in [0.1, 0.15) is 40.4 Å². The molecule has 9 rings (SSSR count). The van der Waals surface area contributed by atoms with Crippen LogP contribution in [-0.2, 0) is 30.4 Å². The molecule has 380 valence electrons. The number of aliphatic hydroxyl groups excluding tert-OH is 2. The number of hydrogen-bond acceptors (Lipinski definition) is 16. The summed E-state index contributed by atoms with van der Waals surface area (Å²) >= 11 is 0. The third-order valence-corrected chi connectivity index (χ3v) is 14.2. The van der Waals surface area contributed by atoms with Crippen molar-refractivity contribution in [3.05, 3.63) is 88.1 Å². The number of phenols is 2. The molecule has 2 aromatic carbocycles. The number of phenolic OH excluding ortho intramolecular Hbond substituents is 2. The first-order valence-electron chi connectivity index (χ1n) is 24.8. The number of aromatic nitrogens is 1. The lowest BCUT2D eigenvalue weighted by Gasteiger charge is -2.38. The first-order valence-corrected chi connectivity index (χ1v) is 24.8. The van der Waals surface area contributed by atoms with Crippen LogP contribution in [0.25, 0.3) is 10.8 Å². The molecule has 18 nitrogen and oxygen atoms in total. The van der Waals surface area contributed by atoms with Crippen molar-refractivity contribution in [2.24, 2.45) is 21.8 Å². The Morgan fingerprint density at radius 3 is 2.38 bits per heavy atom. The lowest BCUT2D eigenvalue weighted by Crippen LogP contribution is -2.48. The fourth-order valence-electron chi connectivity index (χ4n) is 10.1. The molecular weight excluding hydrogens is 911 g/mol. The summed E-state index contributed by atoms with van der Waals surface area (Å²) in [6.45, 7) is 15.9. The van der Waals surface area contributed by atoms with Gasteiger partial charge in [0, 0.05) is 113 Å². The first-order chi connectivity index (χ1) is 33.8. The Kier molecular flexibility index (Phi) is 15.3. The number of fused-ring (bicyclic) bond motifs is 13. The molecule has 2 fully saturated rings. The lowest BCUT2D eigenvalue weighted by atomic mass is 9.92. The molecule has 0 radical (unpaired) electrons. The molecule has 18 heteroatoms. The largest absolute Gasteiger partial charge is 0.507 e. The Balaban J connectivity index is 1.07. The lowest BCUT2D eigenvalue weighted by molar-refractivity contribution is -0.155. The third kappa shape index (κ3) is 11.2. The van der Waals surface area contributed by atoms with Crippen LogP contribution in [0.3, 0.4) is 0 Å². The maximum atomic E-state index is 14.7. The van der Waals surface area contributed by atoms with Crippen molar-refractivity contribution in [1.29, 1.82) is 0 Å². The number of hydrogen-bond donors (Lipinski definition) is 5. The second kappa shape index (κ2) is 21.2. The Hall–Kier alpha value is -6.21. The number of amides is 2. The standard InChI is InChI=1S/C53H67N7O11/c1-31(2)29-58-19-15-53(16-20-58)56-44-41-42-47(65)34(5)49-43(41)50(67)52(6,71-49)69-25-8-7-12-37(70-40(64)28-39(63)60-23-21-59(22-24-60)30-35-13-17-54-18-14-35)26-36(61)27-38(62)32(3)10-9-11-33(4)51(68)55-46(48(42)66)45(44)57-53/h8-11,13-14,17-18,25,31-32,36-38,56,61-62,65-66H,7,12,15-16,19-24,26-30H2,1-6H3/b10-9+,25-8+,33-11-,55-46?/t32?,36?,37-,38-,52+/m1/s1. The van der Waals surface area contributed by atoms with E-state index >= 15 is 0 Å². The molecule has 5 atom stereocenters. The van der Waals surface area contributed by atoms with Crippen LogP contribution >= 0.6 is 0 Å². The van der Waals surface area contributed by atoms with Gasteiger partial charge in [0.15, 0.2) is 5.75 Å². The minimum atomic E-state index is -1.93. The van der Waals surface area contributed by atoms with E-state index in [1.807, 2.05) is 12.1 Å². The number of ketones is 1. The molecule has 2 saturated heterocycles. The molecule has 2 amide bonds. The van der Waals surface area contributed by atoms with Crippen LogP contribution in [0.5, 0.6) is 17.2 Å². The van der Waals surface area contributed by atoms with Crippen LogP contribution in [0.4, 0.5) is 5.69 Å². The number of nitrogens with zero attached hydrogens (tertiary/aromatic N) is 6. The zero-order chi connectivity index (χ0) is 50.8. The van der Waals surface area contributed by atoms with Gasteiger partial charge in [-0.1, -0.05) is 39.0 Å². The van der Waals surface area contributed by atoms with Crippen molar-refractivity contribution >= 4 is 40.0 Å². The summed E-state index contributed by atoms with van der Waals surface area (Å²) in [6.07, 6.45) is 9.29. The number of carbonyl (C=O) groups is 4. The summed E-state index contributed by atoms with van der Waals surface area (Å²) in [4.78, 5) is 75.1. The number of nitrogens with one attached hydrogen (secondary N) is 1. The van der Waals surface area contributed by atoms with Gasteiger partial charge < -0.3 is 49.8 Å². The van der Waals surface area contributed by atoms with Crippen LogP contribution in [0, 0.1) is 18.8 Å². The van der Waals surface area contributed by atoms with E-state index < -0.39 is 65.5 Å². The molecular formula is C53H67N7O11. The average Bonchev–Trinajstić information content (AvgIpc) is 3.83. The number of pyridine rings is 1. The van der Waals surface area contributed by atoms with Gasteiger partial charge in [0.05, 0.1) is 35.1 Å². The normalized spacial score (nSPS) is 27.0. The topological polar surface area (TPSA) is 236 Å². The number of rotatable bonds is 7. The van der Waals surface area contributed by atoms with E-state index in [1.165, 1.54) is 19.3 Å². The summed E-state index contributed by atoms with van der Waals surface area (Å²) < 4.78 is 18.2. The maximum absolute atomic E-state index is 14.7. The van der Waals surface area contributed by atoms with Crippen molar-refractivity contribution in [3.63, 3.8) is 0 Å². The van der Waals surface area contributed by atoms with Crippen molar-refractivity contribution < 1.29 is 53.8 Å². The first kappa shape index (κ1) is 51.2. The summed E-state index contributed by atoms with van der Waals surface area (Å²) in [5.74, 6) is -5.17. The molecule has 7 heterocycles. The SMILES string of the molecule is C/C1=C/C=C/C(C)[C@H](O)CC(O)C[C@H](OC(=O)CC(=O)N2CCN(Cc3ccncc3)CC2)CC/C=C/O[C@@]2(C)Oc3c(C)c(O)c4c(O)c(c5c(c4c3C2=O)NC2(CCN(CC(C)C)CC2)N=5)=NC1=O. The number of carbonyl (C=O) groups excluding carboxylic acids is 4. The fourth-order valence-corrected chi connectivity index (χ4v) is 10.1. The molecule has 0 saturated carbocycles. The van der Waals surface area contributed by atoms with E-state index in [9.17, 15) is 39.6 Å². The zero-order valence-corrected chi connectivity index (χ0v) is 41.5. The number of ether oxygens (including phenoxy) is 3. The molecule has 71 heavy (non-hydrogen) atoms. The van der Waals surface area contributed by atoms with Crippen molar-refractivity contribution in [3.8, 4) is 17.2 Å². The minimum Gasteiger partial charge on any atom is -0.507 e. The highest BCUT2D eigenvalue weighted by molar-refractivity contribution is 6.21. The van der Waals surface area contributed by atoms with E-state index in [2.05, 4.69) is 38.9 Å². The van der Waals surface area contributed by atoms with Gasteiger partial charge in [-0.05, 0) is 62.8 Å². The van der Waals surface area contributed by atoms with Crippen LogP contribution in [-0.4, -0.2) is 139 Å². The van der Waals surface area contributed by atoms with Crippen LogP contribution in [0.1, 0.15) is 101 Å². The number of piperidine rings is 1. The summed E-state index contributed by atoms with van der Waals surface area (Å²) in [5.41, 5.74) is 0.998. The number of aliphatic hydroxyl groups is 2. The number of aromatic hydroxyl groups is 2. The van der Waals surface area contributed by atoms with Gasteiger partial charge >= 0.3 is 11.8 Å². The summed E-state index contributed by atoms with van der Waals surface area (Å²) in [6, 6.07) is 3.91. The predicted molar refractivity (Wildman–Crippen MR) is 263 cm³/mol. The highest BCUT2D eigenvalue weighted by Gasteiger charge is 2.50. The number of benzene rings is 2. The van der Waals surface area contributed by atoms with E-state index in [1.54, 1.807) is 56.3 Å². The van der Waals surface area contributed by atoms with Crippen molar-refractivity contribution in [2.45, 2.75) is 123 Å². The van der Waals surface area contributed by atoms with E-state index in [0.717, 1.165) is 31.7 Å². The number of esters is 1. The van der Waals surface area contributed by atoms with Gasteiger partial charge in [-0.3, -0.25) is 34.1 Å². The quantitative estimate of drug-likeness (QED) is 0.125. The van der Waals surface area contributed by atoms with E-state index in [-0.39, 0.29) is 81.3 Å². The van der Waals surface area contributed by atoms with Crippen LogP contribution in [0.2, 0.25) is 0 Å².